The highest BCUT2D eigenvalue weighted by Crippen LogP contribution is 2.36. The standard InChI is InChI=1S/C20H22ClN5O3S/c1-28-16-11-17(29-2)15(10-14(16)21)22-18(27)13-6-5-9-26(12-13)20-24-23-19(30-20)25-7-3-4-8-25/h3-4,7-8,10-11,13H,5-6,9,12H2,1-2H3,(H,22,27). The molecule has 0 bridgehead atoms. The third-order valence-corrected chi connectivity index (χ3v) is 6.32. The monoisotopic (exact) mass is 447 g/mol. The second-order valence-corrected chi connectivity index (χ2v) is 8.26. The first-order valence-corrected chi connectivity index (χ1v) is 10.7. The highest BCUT2D eigenvalue weighted by atomic mass is 35.5. The zero-order valence-electron chi connectivity index (χ0n) is 16.7. The molecular weight excluding hydrogens is 426 g/mol. The average molecular weight is 448 g/mol. The summed E-state index contributed by atoms with van der Waals surface area (Å²) in [5.74, 6) is 0.737. The van der Waals surface area contributed by atoms with Gasteiger partial charge in [0.1, 0.15) is 11.5 Å². The Balaban J connectivity index is 1.46. The van der Waals surface area contributed by atoms with Gasteiger partial charge in [-0.3, -0.25) is 9.36 Å². The van der Waals surface area contributed by atoms with Crippen LogP contribution in [0.5, 0.6) is 11.5 Å². The lowest BCUT2D eigenvalue weighted by Gasteiger charge is -2.31. The van der Waals surface area contributed by atoms with Gasteiger partial charge in [-0.2, -0.15) is 0 Å². The van der Waals surface area contributed by atoms with Crippen LogP contribution in [0.1, 0.15) is 12.8 Å². The highest BCUT2D eigenvalue weighted by Gasteiger charge is 2.28. The van der Waals surface area contributed by atoms with Crippen LogP contribution < -0.4 is 19.7 Å². The molecule has 3 aromatic rings. The molecule has 1 atom stereocenters. The van der Waals surface area contributed by atoms with Crippen molar-refractivity contribution < 1.29 is 14.3 Å². The van der Waals surface area contributed by atoms with Crippen molar-refractivity contribution >= 4 is 39.7 Å². The van der Waals surface area contributed by atoms with Crippen molar-refractivity contribution in [2.45, 2.75) is 12.8 Å². The van der Waals surface area contributed by atoms with E-state index in [1.807, 2.05) is 29.1 Å². The van der Waals surface area contributed by atoms with Gasteiger partial charge in [-0.05, 0) is 31.0 Å². The van der Waals surface area contributed by atoms with Crippen molar-refractivity contribution in [1.82, 2.24) is 14.8 Å². The minimum Gasteiger partial charge on any atom is -0.495 e. The van der Waals surface area contributed by atoms with Gasteiger partial charge in [0.2, 0.25) is 16.2 Å². The van der Waals surface area contributed by atoms with Crippen LogP contribution in [0.2, 0.25) is 5.02 Å². The molecule has 1 unspecified atom stereocenters. The third-order valence-electron chi connectivity index (χ3n) is 5.02. The Bertz CT molecular complexity index is 1020. The number of amides is 1. The Morgan fingerprint density at radius 2 is 1.90 bits per heavy atom. The van der Waals surface area contributed by atoms with E-state index in [0.29, 0.717) is 28.8 Å². The summed E-state index contributed by atoms with van der Waals surface area (Å²) in [6, 6.07) is 7.20. The second kappa shape index (κ2) is 8.93. The van der Waals surface area contributed by atoms with Gasteiger partial charge in [0, 0.05) is 31.5 Å². The molecule has 10 heteroatoms. The molecule has 1 aliphatic rings. The molecule has 4 rings (SSSR count). The first-order valence-electron chi connectivity index (χ1n) is 9.53. The summed E-state index contributed by atoms with van der Waals surface area (Å²) in [6.45, 7) is 1.43. The molecule has 1 amide bonds. The molecule has 1 aliphatic heterocycles. The lowest BCUT2D eigenvalue weighted by atomic mass is 9.97. The molecular formula is C20H22ClN5O3S. The fraction of sp³-hybridized carbons (Fsp3) is 0.350. The molecule has 158 valence electrons. The maximum atomic E-state index is 13.0. The van der Waals surface area contributed by atoms with Gasteiger partial charge in [0.05, 0.1) is 30.8 Å². The first-order chi connectivity index (χ1) is 14.6. The molecule has 0 aliphatic carbocycles. The van der Waals surface area contributed by atoms with Crippen LogP contribution in [0.4, 0.5) is 10.8 Å². The molecule has 1 aromatic carbocycles. The number of piperidine rings is 1. The van der Waals surface area contributed by atoms with Crippen LogP contribution in [-0.2, 0) is 4.79 Å². The van der Waals surface area contributed by atoms with E-state index in [-0.39, 0.29) is 11.8 Å². The first kappa shape index (κ1) is 20.5. The van der Waals surface area contributed by atoms with Gasteiger partial charge in [0.25, 0.3) is 0 Å². The Labute approximate surface area is 183 Å². The Hall–Kier alpha value is -2.78. The third kappa shape index (κ3) is 4.22. The van der Waals surface area contributed by atoms with Gasteiger partial charge < -0.3 is 19.7 Å². The normalized spacial score (nSPS) is 16.4. The van der Waals surface area contributed by atoms with Gasteiger partial charge in [-0.15, -0.1) is 10.2 Å². The molecule has 30 heavy (non-hydrogen) atoms. The molecule has 8 nitrogen and oxygen atoms in total. The number of hydrogen-bond donors (Lipinski definition) is 1. The highest BCUT2D eigenvalue weighted by molar-refractivity contribution is 7.17. The number of carbonyl (C=O) groups excluding carboxylic acids is 1. The van der Waals surface area contributed by atoms with Crippen LogP contribution in [0.15, 0.2) is 36.7 Å². The average Bonchev–Trinajstić information content (AvgIpc) is 3.46. The van der Waals surface area contributed by atoms with E-state index >= 15 is 0 Å². The fourth-order valence-electron chi connectivity index (χ4n) is 3.46. The van der Waals surface area contributed by atoms with E-state index in [2.05, 4.69) is 20.4 Å². The summed E-state index contributed by atoms with van der Waals surface area (Å²) in [7, 11) is 3.07. The molecule has 1 fully saturated rings. The maximum absolute atomic E-state index is 13.0. The van der Waals surface area contributed by atoms with Crippen LogP contribution in [0.3, 0.4) is 0 Å². The number of nitrogens with zero attached hydrogens (tertiary/aromatic N) is 4. The molecule has 0 spiro atoms. The summed E-state index contributed by atoms with van der Waals surface area (Å²) in [6.07, 6.45) is 5.57. The smallest absolute Gasteiger partial charge is 0.229 e. The maximum Gasteiger partial charge on any atom is 0.229 e. The number of benzene rings is 1. The lowest BCUT2D eigenvalue weighted by molar-refractivity contribution is -0.120. The van der Waals surface area contributed by atoms with Crippen LogP contribution >= 0.6 is 22.9 Å². The summed E-state index contributed by atoms with van der Waals surface area (Å²) < 4.78 is 12.5. The molecule has 1 saturated heterocycles. The number of carbonyl (C=O) groups is 1. The predicted octanol–water partition coefficient (Wildman–Crippen LogP) is 3.85. The number of aromatic nitrogens is 3. The quantitative estimate of drug-likeness (QED) is 0.618. The van der Waals surface area contributed by atoms with E-state index in [1.54, 1.807) is 19.2 Å². The van der Waals surface area contributed by atoms with E-state index in [9.17, 15) is 4.79 Å². The molecule has 2 aromatic heterocycles. The number of halogens is 1. The molecule has 0 radical (unpaired) electrons. The van der Waals surface area contributed by atoms with E-state index in [0.717, 1.165) is 29.6 Å². The zero-order valence-corrected chi connectivity index (χ0v) is 18.2. The van der Waals surface area contributed by atoms with E-state index in [4.69, 9.17) is 21.1 Å². The van der Waals surface area contributed by atoms with E-state index in [1.165, 1.54) is 18.4 Å². The molecule has 1 N–H and O–H groups in total. The topological polar surface area (TPSA) is 81.5 Å². The van der Waals surface area contributed by atoms with Crippen LogP contribution in [-0.4, -0.2) is 48.0 Å². The van der Waals surface area contributed by atoms with Gasteiger partial charge in [0.15, 0.2) is 0 Å². The number of rotatable bonds is 6. The van der Waals surface area contributed by atoms with E-state index < -0.39 is 0 Å². The summed E-state index contributed by atoms with van der Waals surface area (Å²) in [4.78, 5) is 15.1. The minimum absolute atomic E-state index is 0.0746. The second-order valence-electron chi connectivity index (χ2n) is 6.92. The van der Waals surface area contributed by atoms with Crippen molar-refractivity contribution in [2.24, 2.45) is 5.92 Å². The lowest BCUT2D eigenvalue weighted by Crippen LogP contribution is -2.40. The minimum atomic E-state index is -0.178. The molecule has 0 saturated carbocycles. The van der Waals surface area contributed by atoms with Gasteiger partial charge >= 0.3 is 0 Å². The number of nitrogens with one attached hydrogen (secondary N) is 1. The summed E-state index contributed by atoms with van der Waals surface area (Å²) in [5, 5.41) is 13.6. The molecule has 3 heterocycles. The largest absolute Gasteiger partial charge is 0.495 e. The van der Waals surface area contributed by atoms with Crippen molar-refractivity contribution in [3.05, 3.63) is 41.7 Å². The van der Waals surface area contributed by atoms with Gasteiger partial charge in [-0.1, -0.05) is 22.9 Å². The fourth-order valence-corrected chi connectivity index (χ4v) is 4.55. The number of anilines is 2. The Kier molecular flexibility index (Phi) is 6.10. The number of methoxy groups -OCH3 is 2. The van der Waals surface area contributed by atoms with Crippen molar-refractivity contribution in [1.29, 1.82) is 0 Å². The van der Waals surface area contributed by atoms with Crippen LogP contribution in [0.25, 0.3) is 5.13 Å². The van der Waals surface area contributed by atoms with Crippen molar-refractivity contribution in [3.63, 3.8) is 0 Å². The SMILES string of the molecule is COc1cc(OC)c(NC(=O)C2CCCN(c3nnc(-n4cccc4)s3)C2)cc1Cl. The number of ether oxygens (including phenoxy) is 2. The number of hydrogen-bond acceptors (Lipinski definition) is 7. The van der Waals surface area contributed by atoms with Gasteiger partial charge in [-0.25, -0.2) is 0 Å². The Morgan fingerprint density at radius 1 is 1.17 bits per heavy atom. The van der Waals surface area contributed by atoms with Crippen LogP contribution in [0, 0.1) is 5.92 Å². The predicted molar refractivity (Wildman–Crippen MR) is 117 cm³/mol. The summed E-state index contributed by atoms with van der Waals surface area (Å²) in [5.41, 5.74) is 0.524. The Morgan fingerprint density at radius 3 is 2.63 bits per heavy atom. The summed E-state index contributed by atoms with van der Waals surface area (Å²) >= 11 is 7.73. The van der Waals surface area contributed by atoms with Crippen molar-refractivity contribution in [2.75, 3.05) is 37.5 Å². The van der Waals surface area contributed by atoms with Crippen molar-refractivity contribution in [3.8, 4) is 16.6 Å². The zero-order chi connectivity index (χ0) is 21.1.